The number of nitrogens with one attached hydrogen (secondary N) is 3. The number of aromatic nitrogens is 3. The Kier molecular flexibility index (Phi) is 20.4. The summed E-state index contributed by atoms with van der Waals surface area (Å²) < 4.78 is 1.29. The van der Waals surface area contributed by atoms with Crippen molar-refractivity contribution in [3.8, 4) is 23.7 Å². The van der Waals surface area contributed by atoms with Crippen molar-refractivity contribution in [1.29, 1.82) is 5.26 Å². The van der Waals surface area contributed by atoms with Crippen molar-refractivity contribution in [3.63, 3.8) is 0 Å². The van der Waals surface area contributed by atoms with Crippen molar-refractivity contribution in [2.24, 2.45) is 30.7 Å². The van der Waals surface area contributed by atoms with Gasteiger partial charge in [0, 0.05) is 37.3 Å². The molecule has 0 fully saturated rings. The van der Waals surface area contributed by atoms with E-state index in [-0.39, 0.29) is 15.7 Å². The molecule has 7 rings (SSSR count). The van der Waals surface area contributed by atoms with Crippen LogP contribution in [0.25, 0.3) is 15.5 Å². The SMILES string of the molecule is [C-]#[N+]c1c(C)c(N=Nc2c(C(=O)O)cccc2C(=O)O)c(O)n(CCNC(=O)c2ccc(C(=O)NCCn3c(O)c(N=Nc4c(C(=O)O)cccc4C(=O)O)c(C)c(C#N)c3=O)cc2C(=O)NC(=C)n2c(O)c(N=Nc3c(C(=O)O)cccc3C(=O)O)c(C)c([N+]#[C-])c2=O)c1=O. The van der Waals surface area contributed by atoms with Crippen molar-refractivity contribution < 1.29 is 89.1 Å². The van der Waals surface area contributed by atoms with E-state index in [1.807, 2.05) is 0 Å². The first-order valence-corrected chi connectivity index (χ1v) is 26.8. The molecule has 0 unspecified atom stereocenters. The number of carboxylic acids is 6. The smallest absolute Gasteiger partial charge is 0.337 e. The second kappa shape index (κ2) is 28.5. The lowest BCUT2D eigenvalue weighted by atomic mass is 10.0. The average molecular weight is 1310 g/mol. The van der Waals surface area contributed by atoms with E-state index in [9.17, 15) is 109 Å². The molecule has 36 heteroatoms. The molecule has 484 valence electrons. The third kappa shape index (κ3) is 13.6. The van der Waals surface area contributed by atoms with E-state index >= 15 is 0 Å². The Morgan fingerprint density at radius 1 is 0.479 bits per heavy atom. The van der Waals surface area contributed by atoms with Gasteiger partial charge in [0.05, 0.1) is 57.7 Å². The van der Waals surface area contributed by atoms with E-state index in [1.54, 1.807) is 6.07 Å². The number of carbonyl (C=O) groups is 9. The maximum Gasteiger partial charge on any atom is 0.337 e. The molecule has 0 spiro atoms. The lowest BCUT2D eigenvalue weighted by Gasteiger charge is -2.18. The molecule has 0 atom stereocenters. The number of pyridine rings is 3. The van der Waals surface area contributed by atoms with Crippen molar-refractivity contribution in [3.05, 3.63) is 206 Å². The van der Waals surface area contributed by atoms with Crippen LogP contribution in [0, 0.1) is 45.2 Å². The topological polar surface area (TPSA) is 544 Å². The summed E-state index contributed by atoms with van der Waals surface area (Å²) in [4.78, 5) is 162. The van der Waals surface area contributed by atoms with Crippen LogP contribution in [0.4, 0.5) is 45.5 Å². The lowest BCUT2D eigenvalue weighted by Crippen LogP contribution is -2.35. The van der Waals surface area contributed by atoms with Gasteiger partial charge in [-0.25, -0.2) is 43.0 Å². The van der Waals surface area contributed by atoms with Crippen molar-refractivity contribution in [2.75, 3.05) is 13.1 Å². The number of carboxylic acid groups (broad SMARTS) is 6. The van der Waals surface area contributed by atoms with Crippen LogP contribution in [0.15, 0.2) is 124 Å². The van der Waals surface area contributed by atoms with Crippen LogP contribution in [-0.2, 0) is 13.1 Å². The molecule has 3 aromatic heterocycles. The van der Waals surface area contributed by atoms with Gasteiger partial charge in [0.15, 0.2) is 5.69 Å². The minimum Gasteiger partial charge on any atom is -0.493 e. The molecule has 0 aliphatic rings. The quantitative estimate of drug-likeness (QED) is 0.0220. The number of hydrogen-bond donors (Lipinski definition) is 12. The maximum absolute atomic E-state index is 14.6. The summed E-state index contributed by atoms with van der Waals surface area (Å²) in [6.07, 6.45) is 0. The summed E-state index contributed by atoms with van der Waals surface area (Å²) in [5, 5.41) is 132. The highest BCUT2D eigenvalue weighted by atomic mass is 16.4. The summed E-state index contributed by atoms with van der Waals surface area (Å²) in [7, 11) is 0. The fourth-order valence-corrected chi connectivity index (χ4v) is 9.14. The van der Waals surface area contributed by atoms with E-state index in [0.29, 0.717) is 9.13 Å². The average Bonchev–Trinajstić information content (AvgIpc) is 0.783. The second-order valence-corrected chi connectivity index (χ2v) is 19.6. The standard InChI is InChI=1S/C60H43N15O21/c1-24-37(23-61)49(79)73(51(81)40(24)67-70-43-30(55(85)86)10-7-11-31(43)56(87)88)20-18-64-46(76)28-16-17-29(47(77)65-19-21-74-50(80)38(62-5)25(2)41(52(74)82)68-71-44-32(57(89)90)12-8-13-33(44)58(91)92)36(22-28)48(78)66-27(4)75-53(83)39(63-6)26(3)42(54(75)84)69-72-45-34(59(93)94)14-9-15-35(45)60(95)96/h7-17,22,81-82,84H,4,18-21H2,1-3H3,(H,64,76)(H,65,77)(H,66,78)(H,85,86)(H,87,88)(H,89,90)(H,91,92)(H,93,94)(H,95,96). The van der Waals surface area contributed by atoms with Crippen LogP contribution >= 0.6 is 0 Å². The van der Waals surface area contributed by atoms with E-state index in [1.165, 1.54) is 6.92 Å². The van der Waals surface area contributed by atoms with Crippen LogP contribution in [-0.4, -0.2) is 126 Å². The number of amides is 3. The van der Waals surface area contributed by atoms with E-state index in [0.717, 1.165) is 86.6 Å². The largest absolute Gasteiger partial charge is 0.493 e. The van der Waals surface area contributed by atoms with Crippen molar-refractivity contribution in [2.45, 2.75) is 33.9 Å². The molecule has 0 bridgehead atoms. The Balaban J connectivity index is 1.26. The number of nitriles is 1. The fourth-order valence-electron chi connectivity index (χ4n) is 9.14. The Hall–Kier alpha value is -14.6. The monoisotopic (exact) mass is 1310 g/mol. The zero-order chi connectivity index (χ0) is 70.9. The number of azo groups is 3. The van der Waals surface area contributed by atoms with Gasteiger partial charge in [0.1, 0.15) is 45.9 Å². The molecular formula is C60H43N15O21. The van der Waals surface area contributed by atoms with Gasteiger partial charge < -0.3 is 61.9 Å². The molecule has 4 aromatic carbocycles. The summed E-state index contributed by atoms with van der Waals surface area (Å²) in [6.45, 7) is 19.8. The zero-order valence-corrected chi connectivity index (χ0v) is 49.3. The summed E-state index contributed by atoms with van der Waals surface area (Å²) in [5.74, 6) is -17.7. The Morgan fingerprint density at radius 2 is 0.833 bits per heavy atom. The highest BCUT2D eigenvalue weighted by Crippen LogP contribution is 2.40. The Bertz CT molecular complexity index is 4960. The van der Waals surface area contributed by atoms with Crippen LogP contribution in [0.3, 0.4) is 0 Å². The Labute approximate surface area is 534 Å². The summed E-state index contributed by atoms with van der Waals surface area (Å²) in [5.41, 5.74) is -16.7. The molecule has 96 heavy (non-hydrogen) atoms. The van der Waals surface area contributed by atoms with Gasteiger partial charge in [-0.1, -0.05) is 24.8 Å². The van der Waals surface area contributed by atoms with Gasteiger partial charge in [-0.05, 0) is 86.5 Å². The number of aromatic carboxylic acids is 6. The molecule has 3 heterocycles. The third-order valence-electron chi connectivity index (χ3n) is 13.9. The molecule has 0 aliphatic carbocycles. The summed E-state index contributed by atoms with van der Waals surface area (Å²) >= 11 is 0. The van der Waals surface area contributed by atoms with Gasteiger partial charge >= 0.3 is 35.8 Å². The molecule has 12 N–H and O–H groups in total. The van der Waals surface area contributed by atoms with Crippen molar-refractivity contribution in [1.82, 2.24) is 29.7 Å². The molecule has 0 saturated carbocycles. The predicted molar refractivity (Wildman–Crippen MR) is 326 cm³/mol. The molecule has 36 nitrogen and oxygen atoms in total. The van der Waals surface area contributed by atoms with Crippen LogP contribution < -0.4 is 32.6 Å². The number of aromatic hydroxyl groups is 3. The van der Waals surface area contributed by atoms with Crippen molar-refractivity contribution >= 4 is 105 Å². The highest BCUT2D eigenvalue weighted by molar-refractivity contribution is 6.11. The van der Waals surface area contributed by atoms with Gasteiger partial charge in [-0.15, -0.1) is 30.7 Å². The first-order chi connectivity index (χ1) is 45.4. The van der Waals surface area contributed by atoms with Gasteiger partial charge in [0.25, 0.3) is 45.8 Å². The van der Waals surface area contributed by atoms with E-state index in [2.05, 4.69) is 62.9 Å². The predicted octanol–water partition coefficient (Wildman–Crippen LogP) is 7.34. The van der Waals surface area contributed by atoms with E-state index in [4.69, 9.17) is 13.1 Å². The zero-order valence-electron chi connectivity index (χ0n) is 49.3. The maximum atomic E-state index is 14.6. The third-order valence-corrected chi connectivity index (χ3v) is 13.9. The van der Waals surface area contributed by atoms with Crippen LogP contribution in [0.5, 0.6) is 17.6 Å². The first kappa shape index (κ1) is 68.9. The number of benzene rings is 4. The number of carbonyl (C=O) groups excluding carboxylic acids is 3. The molecule has 7 aromatic rings. The molecule has 0 saturated heterocycles. The van der Waals surface area contributed by atoms with Crippen LogP contribution in [0.2, 0.25) is 0 Å². The fraction of sp³-hybridized carbons (Fsp3) is 0.117. The highest BCUT2D eigenvalue weighted by Gasteiger charge is 2.29. The molecule has 3 amide bonds. The van der Waals surface area contributed by atoms with Gasteiger partial charge in [-0.2, -0.15) is 5.26 Å². The van der Waals surface area contributed by atoms with Gasteiger partial charge in [-0.3, -0.25) is 37.9 Å². The van der Waals surface area contributed by atoms with Crippen LogP contribution in [0.1, 0.15) is 115 Å². The number of hydrogen-bond acceptors (Lipinski definition) is 22. The molecular weight excluding hydrogens is 1270 g/mol. The molecule has 0 radical (unpaired) electrons. The van der Waals surface area contributed by atoms with E-state index < -0.39 is 227 Å². The second-order valence-electron chi connectivity index (χ2n) is 19.6. The minimum absolute atomic E-state index is 0.215. The Morgan fingerprint density at radius 3 is 1.22 bits per heavy atom. The van der Waals surface area contributed by atoms with Gasteiger partial charge in [0.2, 0.25) is 17.6 Å². The minimum atomic E-state index is -1.66. The lowest BCUT2D eigenvalue weighted by molar-refractivity contribution is 0.0677. The first-order valence-electron chi connectivity index (χ1n) is 26.8. The number of nitrogens with zero attached hydrogens (tertiary/aromatic N) is 12. The molecule has 0 aliphatic heterocycles. The number of rotatable bonds is 23. The normalized spacial score (nSPS) is 11.0. The summed E-state index contributed by atoms with van der Waals surface area (Å²) in [6, 6.07) is 13.6.